The smallest absolute Gasteiger partial charge is 0.223 e. The maximum absolute atomic E-state index is 13.9. The van der Waals surface area contributed by atoms with Crippen LogP contribution in [0, 0.1) is 23.5 Å². The maximum atomic E-state index is 13.9. The van der Waals surface area contributed by atoms with Crippen LogP contribution in [0.4, 0.5) is 8.78 Å². The Morgan fingerprint density at radius 2 is 1.92 bits per heavy atom. The minimum absolute atomic E-state index is 0. The minimum atomic E-state index is -0.489. The number of hydrogen-bond acceptors (Lipinski definition) is 2. The zero-order chi connectivity index (χ0) is 17.0. The van der Waals surface area contributed by atoms with Crippen molar-refractivity contribution < 1.29 is 13.6 Å². The predicted molar refractivity (Wildman–Crippen MR) is 94.2 cm³/mol. The van der Waals surface area contributed by atoms with Crippen LogP contribution >= 0.6 is 12.4 Å². The summed E-state index contributed by atoms with van der Waals surface area (Å²) in [5.41, 5.74) is 0.218. The Labute approximate surface area is 149 Å². The molecule has 1 saturated heterocycles. The molecule has 2 unspecified atom stereocenters. The number of carbonyl (C=O) groups excluding carboxylic acids is 1. The van der Waals surface area contributed by atoms with Crippen LogP contribution in [0.1, 0.15) is 44.7 Å². The first-order valence-electron chi connectivity index (χ1n) is 8.31. The molecule has 0 aromatic heterocycles. The molecule has 6 heteroatoms. The molecule has 136 valence electrons. The lowest BCUT2D eigenvalue weighted by Crippen LogP contribution is -2.35. The number of rotatable bonds is 5. The molecule has 1 heterocycles. The van der Waals surface area contributed by atoms with Crippen molar-refractivity contribution in [2.45, 2.75) is 39.2 Å². The number of nitrogens with zero attached hydrogens (tertiary/aromatic N) is 1. The van der Waals surface area contributed by atoms with Crippen molar-refractivity contribution in [1.29, 1.82) is 0 Å². The fraction of sp³-hybridized carbons (Fsp3) is 0.611. The molecule has 2 rings (SSSR count). The van der Waals surface area contributed by atoms with Gasteiger partial charge >= 0.3 is 0 Å². The van der Waals surface area contributed by atoms with Crippen molar-refractivity contribution in [2.75, 3.05) is 20.1 Å². The van der Waals surface area contributed by atoms with Crippen molar-refractivity contribution in [3.05, 3.63) is 35.4 Å². The number of hydrogen-bond donors (Lipinski definition) is 1. The summed E-state index contributed by atoms with van der Waals surface area (Å²) in [4.78, 5) is 14.0. The van der Waals surface area contributed by atoms with Crippen molar-refractivity contribution in [1.82, 2.24) is 10.2 Å². The highest BCUT2D eigenvalue weighted by Gasteiger charge is 2.26. The summed E-state index contributed by atoms with van der Waals surface area (Å²) in [5.74, 6) is -0.138. The summed E-state index contributed by atoms with van der Waals surface area (Å²) < 4.78 is 27.2. The molecule has 0 saturated carbocycles. The number of nitrogens with one attached hydrogen (secondary N) is 1. The van der Waals surface area contributed by atoms with Gasteiger partial charge in [-0.3, -0.25) is 4.79 Å². The average Bonchev–Trinajstić information content (AvgIpc) is 2.56. The Kier molecular flexibility index (Phi) is 8.10. The molecule has 1 aromatic rings. The summed E-state index contributed by atoms with van der Waals surface area (Å²) in [7, 11) is 1.66. The van der Waals surface area contributed by atoms with Crippen LogP contribution in [0.25, 0.3) is 0 Å². The lowest BCUT2D eigenvalue weighted by molar-refractivity contribution is -0.133. The van der Waals surface area contributed by atoms with Crippen molar-refractivity contribution in [2.24, 2.45) is 11.8 Å². The van der Waals surface area contributed by atoms with Gasteiger partial charge in [0, 0.05) is 19.0 Å². The van der Waals surface area contributed by atoms with E-state index in [-0.39, 0.29) is 23.9 Å². The van der Waals surface area contributed by atoms with E-state index in [1.807, 2.05) is 0 Å². The molecule has 2 atom stereocenters. The second-order valence-electron chi connectivity index (χ2n) is 6.62. The zero-order valence-electron chi connectivity index (χ0n) is 14.5. The van der Waals surface area contributed by atoms with Crippen LogP contribution in [0.15, 0.2) is 18.2 Å². The summed E-state index contributed by atoms with van der Waals surface area (Å²) in [6.45, 7) is 5.84. The Morgan fingerprint density at radius 3 is 2.54 bits per heavy atom. The van der Waals surface area contributed by atoms with Crippen molar-refractivity contribution >= 4 is 18.3 Å². The highest BCUT2D eigenvalue weighted by Crippen LogP contribution is 2.28. The topological polar surface area (TPSA) is 32.3 Å². The van der Waals surface area contributed by atoms with Gasteiger partial charge in [0.15, 0.2) is 0 Å². The van der Waals surface area contributed by atoms with E-state index in [1.165, 1.54) is 11.0 Å². The lowest BCUT2D eigenvalue weighted by Gasteiger charge is -2.31. The molecule has 0 spiro atoms. The number of halogens is 3. The van der Waals surface area contributed by atoms with Gasteiger partial charge in [-0.15, -0.1) is 12.4 Å². The quantitative estimate of drug-likeness (QED) is 0.862. The Balaban J connectivity index is 0.00000288. The Morgan fingerprint density at radius 1 is 1.29 bits per heavy atom. The molecule has 1 aromatic carbocycles. The molecule has 3 nitrogen and oxygen atoms in total. The van der Waals surface area contributed by atoms with E-state index >= 15 is 0 Å². The normalized spacial score (nSPS) is 17.7. The van der Waals surface area contributed by atoms with E-state index < -0.39 is 17.7 Å². The van der Waals surface area contributed by atoms with Crippen LogP contribution in [0.2, 0.25) is 0 Å². The monoisotopic (exact) mass is 360 g/mol. The van der Waals surface area contributed by atoms with Crippen LogP contribution in [-0.4, -0.2) is 30.9 Å². The fourth-order valence-electron chi connectivity index (χ4n) is 3.26. The molecular weight excluding hydrogens is 334 g/mol. The van der Waals surface area contributed by atoms with Gasteiger partial charge in [0.1, 0.15) is 11.6 Å². The largest absolute Gasteiger partial charge is 0.339 e. The minimum Gasteiger partial charge on any atom is -0.339 e. The first-order valence-corrected chi connectivity index (χ1v) is 8.31. The number of benzene rings is 1. The summed E-state index contributed by atoms with van der Waals surface area (Å²) in [6, 6.07) is 2.88. The van der Waals surface area contributed by atoms with Crippen LogP contribution in [0.5, 0.6) is 0 Å². The molecule has 1 aliphatic heterocycles. The van der Waals surface area contributed by atoms with Crippen molar-refractivity contribution in [3.8, 4) is 0 Å². The van der Waals surface area contributed by atoms with Gasteiger partial charge in [0.2, 0.25) is 5.91 Å². The molecule has 0 bridgehead atoms. The van der Waals surface area contributed by atoms with Gasteiger partial charge in [-0.25, -0.2) is 8.78 Å². The van der Waals surface area contributed by atoms with E-state index in [2.05, 4.69) is 12.2 Å². The molecule has 1 aliphatic rings. The van der Waals surface area contributed by atoms with E-state index in [0.717, 1.165) is 38.1 Å². The fourth-order valence-corrected chi connectivity index (χ4v) is 3.26. The Hall–Kier alpha value is -1.20. The van der Waals surface area contributed by atoms with Gasteiger partial charge in [-0.2, -0.15) is 0 Å². The molecule has 1 amide bonds. The molecule has 1 fully saturated rings. The second kappa shape index (κ2) is 9.33. The predicted octanol–water partition coefficient (Wildman–Crippen LogP) is 3.93. The van der Waals surface area contributed by atoms with Gasteiger partial charge in [-0.1, -0.05) is 6.92 Å². The molecule has 0 radical (unpaired) electrons. The standard InChI is InChI=1S/C18H26F2N2O.ClH/c1-12(14-6-8-21-9-7-14)10-18(23)22(3)13(2)16-11-15(19)4-5-17(16)20;/h4-5,11-14,21H,6-10H2,1-3H3;1H. The summed E-state index contributed by atoms with van der Waals surface area (Å²) >= 11 is 0. The Bertz CT molecular complexity index is 550. The molecule has 0 aliphatic carbocycles. The third-order valence-corrected chi connectivity index (χ3v) is 5.07. The maximum Gasteiger partial charge on any atom is 0.223 e. The highest BCUT2D eigenvalue weighted by molar-refractivity contribution is 5.85. The summed E-state index contributed by atoms with van der Waals surface area (Å²) in [5, 5.41) is 3.32. The van der Waals surface area contributed by atoms with Gasteiger partial charge in [-0.05, 0) is 62.9 Å². The number of carbonyl (C=O) groups is 1. The third kappa shape index (κ3) is 5.15. The summed E-state index contributed by atoms with van der Waals surface area (Å²) in [6.07, 6.45) is 2.63. The lowest BCUT2D eigenvalue weighted by atomic mass is 9.84. The van der Waals surface area contributed by atoms with Crippen molar-refractivity contribution in [3.63, 3.8) is 0 Å². The van der Waals surface area contributed by atoms with E-state index in [0.29, 0.717) is 18.3 Å². The molecular formula is C18H27ClF2N2O. The van der Waals surface area contributed by atoms with E-state index in [4.69, 9.17) is 0 Å². The SMILES string of the molecule is CC(CC(=O)N(C)C(C)c1cc(F)ccc1F)C1CCNCC1.Cl. The molecule has 24 heavy (non-hydrogen) atoms. The van der Waals surface area contributed by atoms with Crippen LogP contribution in [0.3, 0.4) is 0 Å². The van der Waals surface area contributed by atoms with Crippen LogP contribution in [-0.2, 0) is 4.79 Å². The average molecular weight is 361 g/mol. The highest BCUT2D eigenvalue weighted by atomic mass is 35.5. The van der Waals surface area contributed by atoms with E-state index in [1.54, 1.807) is 14.0 Å². The van der Waals surface area contributed by atoms with E-state index in [9.17, 15) is 13.6 Å². The first-order chi connectivity index (χ1) is 10.9. The second-order valence-corrected chi connectivity index (χ2v) is 6.62. The van der Waals surface area contributed by atoms with Gasteiger partial charge in [0.05, 0.1) is 6.04 Å². The third-order valence-electron chi connectivity index (χ3n) is 5.07. The number of amides is 1. The number of piperidine rings is 1. The zero-order valence-corrected chi connectivity index (χ0v) is 15.3. The molecule has 1 N–H and O–H groups in total. The van der Waals surface area contributed by atoms with Crippen LogP contribution < -0.4 is 5.32 Å². The van der Waals surface area contributed by atoms with Gasteiger partial charge < -0.3 is 10.2 Å². The van der Waals surface area contributed by atoms with Gasteiger partial charge in [0.25, 0.3) is 0 Å². The first kappa shape index (κ1) is 20.8.